The molecule has 18 heavy (non-hydrogen) atoms. The summed E-state index contributed by atoms with van der Waals surface area (Å²) in [5.74, 6) is -1.65. The lowest BCUT2D eigenvalue weighted by Crippen LogP contribution is -2.35. The van der Waals surface area contributed by atoms with Crippen molar-refractivity contribution in [3.05, 3.63) is 35.4 Å². The normalized spacial score (nSPS) is 10.8. The smallest absolute Gasteiger partial charge is 0.336 e. The summed E-state index contributed by atoms with van der Waals surface area (Å²) in [6.07, 6.45) is 0.746. The maximum atomic E-state index is 11.8. The number of aldehydes is 1. The van der Waals surface area contributed by atoms with E-state index in [4.69, 9.17) is 5.11 Å². The van der Waals surface area contributed by atoms with Gasteiger partial charge in [-0.2, -0.15) is 0 Å². The molecule has 0 aliphatic heterocycles. The van der Waals surface area contributed by atoms with E-state index in [0.717, 1.165) is 6.29 Å². The topological polar surface area (TPSA) is 83.5 Å². The third-order valence-electron chi connectivity index (χ3n) is 2.43. The van der Waals surface area contributed by atoms with Gasteiger partial charge in [0.25, 0.3) is 5.91 Å². The minimum Gasteiger partial charge on any atom is -0.478 e. The SMILES string of the molecule is CC(C)(C=O)CNC(=O)c1ccccc1C(=O)O. The van der Waals surface area contributed by atoms with Crippen molar-refractivity contribution >= 4 is 18.2 Å². The average Bonchev–Trinajstić information content (AvgIpc) is 2.36. The highest BCUT2D eigenvalue weighted by molar-refractivity contribution is 6.04. The van der Waals surface area contributed by atoms with Crippen LogP contribution in [-0.2, 0) is 4.79 Å². The van der Waals surface area contributed by atoms with E-state index in [1.54, 1.807) is 26.0 Å². The highest BCUT2D eigenvalue weighted by Crippen LogP contribution is 2.11. The Morgan fingerprint density at radius 3 is 2.33 bits per heavy atom. The van der Waals surface area contributed by atoms with Crippen molar-refractivity contribution in [2.75, 3.05) is 6.54 Å². The molecule has 1 amide bonds. The first-order valence-corrected chi connectivity index (χ1v) is 5.44. The standard InChI is InChI=1S/C13H15NO4/c1-13(2,8-15)7-14-11(16)9-5-3-4-6-10(9)12(17)18/h3-6,8H,7H2,1-2H3,(H,14,16)(H,17,18). The number of benzene rings is 1. The Morgan fingerprint density at radius 1 is 1.28 bits per heavy atom. The van der Waals surface area contributed by atoms with Crippen LogP contribution in [0.5, 0.6) is 0 Å². The molecular formula is C13H15NO4. The summed E-state index contributed by atoms with van der Waals surface area (Å²) in [7, 11) is 0. The molecule has 0 aromatic heterocycles. The number of aromatic carboxylic acids is 1. The largest absolute Gasteiger partial charge is 0.478 e. The molecule has 1 rings (SSSR count). The highest BCUT2D eigenvalue weighted by Gasteiger charge is 2.20. The van der Waals surface area contributed by atoms with Gasteiger partial charge in [0, 0.05) is 12.0 Å². The molecule has 0 saturated carbocycles. The molecule has 2 N–H and O–H groups in total. The van der Waals surface area contributed by atoms with Crippen molar-refractivity contribution in [1.82, 2.24) is 5.32 Å². The number of carboxylic acids is 1. The van der Waals surface area contributed by atoms with Crippen LogP contribution in [0.2, 0.25) is 0 Å². The molecule has 0 unspecified atom stereocenters. The molecule has 5 heteroatoms. The second-order valence-electron chi connectivity index (χ2n) is 4.64. The van der Waals surface area contributed by atoms with Crippen LogP contribution in [0.15, 0.2) is 24.3 Å². The number of amides is 1. The number of hydrogen-bond acceptors (Lipinski definition) is 3. The van der Waals surface area contributed by atoms with Gasteiger partial charge in [-0.3, -0.25) is 4.79 Å². The molecule has 1 aromatic carbocycles. The molecular weight excluding hydrogens is 234 g/mol. The lowest BCUT2D eigenvalue weighted by Gasteiger charge is -2.17. The van der Waals surface area contributed by atoms with E-state index < -0.39 is 17.3 Å². The second kappa shape index (κ2) is 5.44. The predicted molar refractivity (Wildman–Crippen MR) is 65.6 cm³/mol. The van der Waals surface area contributed by atoms with Crippen LogP contribution in [0, 0.1) is 5.41 Å². The maximum absolute atomic E-state index is 11.8. The van der Waals surface area contributed by atoms with Crippen LogP contribution in [-0.4, -0.2) is 29.8 Å². The van der Waals surface area contributed by atoms with E-state index in [-0.39, 0.29) is 17.7 Å². The number of rotatable bonds is 5. The molecule has 1 aromatic rings. The Hall–Kier alpha value is -2.17. The van der Waals surface area contributed by atoms with Crippen LogP contribution >= 0.6 is 0 Å². The zero-order chi connectivity index (χ0) is 13.8. The second-order valence-corrected chi connectivity index (χ2v) is 4.64. The molecule has 0 saturated heterocycles. The Kier molecular flexibility index (Phi) is 4.20. The molecule has 96 valence electrons. The summed E-state index contributed by atoms with van der Waals surface area (Å²) >= 11 is 0. The van der Waals surface area contributed by atoms with Gasteiger partial charge in [0.15, 0.2) is 0 Å². The third-order valence-corrected chi connectivity index (χ3v) is 2.43. The summed E-state index contributed by atoms with van der Waals surface area (Å²) in [6.45, 7) is 3.52. The van der Waals surface area contributed by atoms with Gasteiger partial charge in [0.1, 0.15) is 6.29 Å². The minimum atomic E-state index is -1.16. The van der Waals surface area contributed by atoms with Gasteiger partial charge in [0.05, 0.1) is 11.1 Å². The minimum absolute atomic E-state index is 0.0566. The average molecular weight is 249 g/mol. The highest BCUT2D eigenvalue weighted by atomic mass is 16.4. The summed E-state index contributed by atoms with van der Waals surface area (Å²) in [4.78, 5) is 33.5. The van der Waals surface area contributed by atoms with Crippen molar-refractivity contribution in [2.45, 2.75) is 13.8 Å². The van der Waals surface area contributed by atoms with Gasteiger partial charge in [-0.15, -0.1) is 0 Å². The fraction of sp³-hybridized carbons (Fsp3) is 0.308. The van der Waals surface area contributed by atoms with Crippen molar-refractivity contribution in [3.8, 4) is 0 Å². The first kappa shape index (κ1) is 13.9. The molecule has 0 fully saturated rings. The van der Waals surface area contributed by atoms with Gasteiger partial charge in [-0.25, -0.2) is 4.79 Å². The fourth-order valence-corrected chi connectivity index (χ4v) is 1.31. The van der Waals surface area contributed by atoms with Gasteiger partial charge >= 0.3 is 5.97 Å². The molecule has 0 spiro atoms. The number of hydrogen-bond donors (Lipinski definition) is 2. The third kappa shape index (κ3) is 3.41. The van der Waals surface area contributed by atoms with Gasteiger partial charge in [0.2, 0.25) is 0 Å². The Bertz CT molecular complexity index is 480. The molecule has 0 atom stereocenters. The number of carbonyl (C=O) groups excluding carboxylic acids is 2. The fourth-order valence-electron chi connectivity index (χ4n) is 1.31. The number of carbonyl (C=O) groups is 3. The van der Waals surface area contributed by atoms with E-state index in [9.17, 15) is 14.4 Å². The zero-order valence-corrected chi connectivity index (χ0v) is 10.3. The summed E-state index contributed by atoms with van der Waals surface area (Å²) in [5, 5.41) is 11.5. The van der Waals surface area contributed by atoms with E-state index in [1.807, 2.05) is 0 Å². The summed E-state index contributed by atoms with van der Waals surface area (Å²) < 4.78 is 0. The van der Waals surface area contributed by atoms with Crippen LogP contribution in [0.1, 0.15) is 34.6 Å². The lowest BCUT2D eigenvalue weighted by atomic mass is 9.95. The van der Waals surface area contributed by atoms with Gasteiger partial charge in [-0.1, -0.05) is 26.0 Å². The zero-order valence-electron chi connectivity index (χ0n) is 10.3. The Balaban J connectivity index is 2.85. The van der Waals surface area contributed by atoms with E-state index in [1.165, 1.54) is 12.1 Å². The van der Waals surface area contributed by atoms with Crippen LogP contribution in [0.4, 0.5) is 0 Å². The molecule has 0 radical (unpaired) electrons. The monoisotopic (exact) mass is 249 g/mol. The molecule has 0 aliphatic carbocycles. The maximum Gasteiger partial charge on any atom is 0.336 e. The van der Waals surface area contributed by atoms with Crippen molar-refractivity contribution < 1.29 is 19.5 Å². The molecule has 0 heterocycles. The Morgan fingerprint density at radius 2 is 1.83 bits per heavy atom. The van der Waals surface area contributed by atoms with E-state index in [0.29, 0.717) is 0 Å². The van der Waals surface area contributed by atoms with Crippen molar-refractivity contribution in [1.29, 1.82) is 0 Å². The molecule has 0 bridgehead atoms. The quantitative estimate of drug-likeness (QED) is 0.771. The van der Waals surface area contributed by atoms with Crippen LogP contribution in [0.25, 0.3) is 0 Å². The number of carboxylic acid groups (broad SMARTS) is 1. The summed E-state index contributed by atoms with van der Waals surface area (Å²) in [5.41, 5.74) is -0.640. The van der Waals surface area contributed by atoms with Crippen LogP contribution in [0.3, 0.4) is 0 Å². The predicted octanol–water partition coefficient (Wildman–Crippen LogP) is 1.34. The lowest BCUT2D eigenvalue weighted by molar-refractivity contribution is -0.114. The van der Waals surface area contributed by atoms with Gasteiger partial charge in [-0.05, 0) is 12.1 Å². The van der Waals surface area contributed by atoms with Crippen LogP contribution < -0.4 is 5.32 Å². The van der Waals surface area contributed by atoms with Gasteiger partial charge < -0.3 is 15.2 Å². The van der Waals surface area contributed by atoms with Crippen molar-refractivity contribution in [2.24, 2.45) is 5.41 Å². The molecule has 0 aliphatic rings. The van der Waals surface area contributed by atoms with Crippen molar-refractivity contribution in [3.63, 3.8) is 0 Å². The first-order valence-electron chi connectivity index (χ1n) is 5.44. The summed E-state index contributed by atoms with van der Waals surface area (Å²) in [6, 6.07) is 5.94. The van der Waals surface area contributed by atoms with E-state index in [2.05, 4.69) is 5.32 Å². The Labute approximate surface area is 105 Å². The van der Waals surface area contributed by atoms with E-state index >= 15 is 0 Å². The first-order chi connectivity index (χ1) is 8.37. The number of nitrogens with one attached hydrogen (secondary N) is 1. The molecule has 5 nitrogen and oxygen atoms in total.